The number of unbranched alkanes of at least 4 members (excludes halogenated alkanes) is 7. The minimum Gasteiger partial charge on any atom is -0.327 e. The molecule has 2 heteroatoms. The van der Waals surface area contributed by atoms with Crippen LogP contribution in [0.15, 0.2) is 29.8 Å². The second-order valence-corrected chi connectivity index (χ2v) is 9.10. The van der Waals surface area contributed by atoms with Crippen LogP contribution in [0.4, 0.5) is 0 Å². The average Bonchev–Trinajstić information content (AvgIpc) is 3.12. The Morgan fingerprint density at radius 1 is 0.929 bits per heavy atom. The van der Waals surface area contributed by atoms with Crippen molar-refractivity contribution in [1.82, 2.24) is 5.32 Å². The van der Waals surface area contributed by atoms with Gasteiger partial charge in [-0.05, 0) is 42.5 Å². The van der Waals surface area contributed by atoms with Crippen LogP contribution in [0.3, 0.4) is 0 Å². The Hall–Kier alpha value is -1.12. The zero-order valence-corrected chi connectivity index (χ0v) is 18.1. The molecule has 3 rings (SSSR count). The lowest BCUT2D eigenvalue weighted by molar-refractivity contribution is 0.203. The molecule has 2 nitrogen and oxygen atoms in total. The van der Waals surface area contributed by atoms with Gasteiger partial charge in [-0.15, -0.1) is 0 Å². The van der Waals surface area contributed by atoms with E-state index in [0.717, 1.165) is 6.54 Å². The van der Waals surface area contributed by atoms with Crippen molar-refractivity contribution in [1.29, 1.82) is 0 Å². The van der Waals surface area contributed by atoms with Crippen molar-refractivity contribution in [2.75, 3.05) is 13.1 Å². The van der Waals surface area contributed by atoms with Gasteiger partial charge in [-0.25, -0.2) is 0 Å². The first-order valence-corrected chi connectivity index (χ1v) is 12.1. The predicted molar refractivity (Wildman–Crippen MR) is 123 cm³/mol. The van der Waals surface area contributed by atoms with Gasteiger partial charge in [0.1, 0.15) is 0 Å². The van der Waals surface area contributed by atoms with Crippen LogP contribution in [-0.4, -0.2) is 18.6 Å². The number of benzene rings is 1. The van der Waals surface area contributed by atoms with Gasteiger partial charge in [0, 0.05) is 18.0 Å². The van der Waals surface area contributed by atoms with Crippen LogP contribution in [0.1, 0.15) is 107 Å². The van der Waals surface area contributed by atoms with E-state index in [4.69, 9.17) is 5.73 Å². The van der Waals surface area contributed by atoms with Crippen LogP contribution in [0.5, 0.6) is 0 Å². The van der Waals surface area contributed by atoms with E-state index >= 15 is 0 Å². The van der Waals surface area contributed by atoms with Crippen molar-refractivity contribution in [2.24, 2.45) is 5.73 Å². The number of fused-ring (bicyclic) bond motifs is 1. The first kappa shape index (κ1) is 21.6. The van der Waals surface area contributed by atoms with Crippen LogP contribution in [-0.2, 0) is 0 Å². The van der Waals surface area contributed by atoms with Gasteiger partial charge >= 0.3 is 0 Å². The maximum absolute atomic E-state index is 6.22. The molecule has 1 aromatic carbocycles. The number of rotatable bonds is 12. The van der Waals surface area contributed by atoms with Gasteiger partial charge in [-0.2, -0.15) is 0 Å². The van der Waals surface area contributed by atoms with Crippen LogP contribution in [0.25, 0.3) is 6.08 Å². The van der Waals surface area contributed by atoms with Crippen LogP contribution >= 0.6 is 0 Å². The fourth-order valence-electron chi connectivity index (χ4n) is 5.56. The number of hydrogen-bond donors (Lipinski definition) is 2. The van der Waals surface area contributed by atoms with E-state index in [1.165, 1.54) is 100 Å². The van der Waals surface area contributed by atoms with Crippen LogP contribution < -0.4 is 11.1 Å². The lowest BCUT2D eigenvalue weighted by atomic mass is 9.68. The zero-order chi connectivity index (χ0) is 19.7. The van der Waals surface area contributed by atoms with Gasteiger partial charge in [0.05, 0.1) is 0 Å². The third-order valence-electron chi connectivity index (χ3n) is 7.06. The summed E-state index contributed by atoms with van der Waals surface area (Å²) in [4.78, 5) is 0. The molecular formula is C26H42N2. The summed E-state index contributed by atoms with van der Waals surface area (Å²) < 4.78 is 0. The largest absolute Gasteiger partial charge is 0.327 e. The highest BCUT2D eigenvalue weighted by atomic mass is 15.0. The Balaban J connectivity index is 1.57. The first-order valence-electron chi connectivity index (χ1n) is 12.1. The lowest BCUT2D eigenvalue weighted by Crippen LogP contribution is -2.52. The van der Waals surface area contributed by atoms with Crippen LogP contribution in [0, 0.1) is 0 Å². The van der Waals surface area contributed by atoms with Gasteiger partial charge < -0.3 is 11.1 Å². The van der Waals surface area contributed by atoms with Crippen molar-refractivity contribution >= 4 is 6.08 Å². The smallest absolute Gasteiger partial charge is 0.0288 e. The summed E-state index contributed by atoms with van der Waals surface area (Å²) in [7, 11) is 0. The van der Waals surface area contributed by atoms with Gasteiger partial charge in [-0.3, -0.25) is 0 Å². The van der Waals surface area contributed by atoms with E-state index in [-0.39, 0.29) is 5.54 Å². The number of nitrogens with one attached hydrogen (secondary N) is 1. The third-order valence-corrected chi connectivity index (χ3v) is 7.06. The fraction of sp³-hybridized carbons (Fsp3) is 0.692. The van der Waals surface area contributed by atoms with E-state index in [0.29, 0.717) is 12.5 Å². The van der Waals surface area contributed by atoms with Crippen molar-refractivity contribution < 1.29 is 0 Å². The molecule has 1 fully saturated rings. The normalized spacial score (nSPS) is 20.8. The summed E-state index contributed by atoms with van der Waals surface area (Å²) in [6.07, 6.45) is 20.1. The van der Waals surface area contributed by atoms with Gasteiger partial charge in [0.2, 0.25) is 0 Å². The Morgan fingerprint density at radius 2 is 1.61 bits per heavy atom. The molecule has 1 unspecified atom stereocenters. The van der Waals surface area contributed by atoms with E-state index in [1.54, 1.807) is 0 Å². The predicted octanol–water partition coefficient (Wildman–Crippen LogP) is 6.56. The molecule has 0 saturated heterocycles. The van der Waals surface area contributed by atoms with Crippen molar-refractivity contribution in [2.45, 2.75) is 102 Å². The molecule has 1 atom stereocenters. The monoisotopic (exact) mass is 382 g/mol. The number of nitrogens with two attached hydrogens (primary N) is 1. The average molecular weight is 383 g/mol. The van der Waals surface area contributed by atoms with E-state index in [1.807, 2.05) is 0 Å². The van der Waals surface area contributed by atoms with Gasteiger partial charge in [-0.1, -0.05) is 101 Å². The standard InChI is InChI=1S/C26H42N2/c1-2-3-4-5-6-7-8-14-19-28-26(17-12-9-13-18-26)25-23(21-27)20-22-15-10-11-16-24(22)25/h10-11,15-16,20,25,28H,2-9,12-14,17-19,21,27H2,1H3. The molecule has 1 aromatic rings. The Bertz CT molecular complexity index is 613. The summed E-state index contributed by atoms with van der Waals surface area (Å²) in [5, 5.41) is 4.10. The van der Waals surface area contributed by atoms with Crippen molar-refractivity contribution in [3.8, 4) is 0 Å². The number of hydrogen-bond acceptors (Lipinski definition) is 2. The summed E-state index contributed by atoms with van der Waals surface area (Å²) in [6.45, 7) is 4.13. The highest BCUT2D eigenvalue weighted by Gasteiger charge is 2.43. The minimum atomic E-state index is 0.219. The van der Waals surface area contributed by atoms with E-state index < -0.39 is 0 Å². The first-order chi connectivity index (χ1) is 13.8. The molecule has 28 heavy (non-hydrogen) atoms. The Morgan fingerprint density at radius 3 is 2.32 bits per heavy atom. The second kappa shape index (κ2) is 11.2. The second-order valence-electron chi connectivity index (χ2n) is 9.10. The SMILES string of the molecule is CCCCCCCCCCNC1(C2C(CN)=Cc3ccccc32)CCCCC1. The maximum Gasteiger partial charge on any atom is 0.0288 e. The lowest BCUT2D eigenvalue weighted by Gasteiger charge is -2.45. The summed E-state index contributed by atoms with van der Waals surface area (Å²) in [5.41, 5.74) is 10.8. The summed E-state index contributed by atoms with van der Waals surface area (Å²) in [6, 6.07) is 8.97. The molecule has 2 aliphatic carbocycles. The van der Waals surface area contributed by atoms with Crippen molar-refractivity contribution in [3.63, 3.8) is 0 Å². The van der Waals surface area contributed by atoms with E-state index in [2.05, 4.69) is 42.6 Å². The molecule has 0 bridgehead atoms. The molecule has 1 saturated carbocycles. The van der Waals surface area contributed by atoms with Gasteiger partial charge in [0.25, 0.3) is 0 Å². The third kappa shape index (κ3) is 5.27. The maximum atomic E-state index is 6.22. The molecule has 3 N–H and O–H groups in total. The van der Waals surface area contributed by atoms with Crippen molar-refractivity contribution in [3.05, 3.63) is 41.0 Å². The van der Waals surface area contributed by atoms with Gasteiger partial charge in [0.15, 0.2) is 0 Å². The molecule has 156 valence electrons. The molecule has 0 spiro atoms. The molecule has 2 aliphatic rings. The summed E-state index contributed by atoms with van der Waals surface area (Å²) >= 11 is 0. The topological polar surface area (TPSA) is 38.0 Å². The van der Waals surface area contributed by atoms with Crippen LogP contribution in [0.2, 0.25) is 0 Å². The highest BCUT2D eigenvalue weighted by molar-refractivity contribution is 5.68. The molecule has 0 aromatic heterocycles. The Labute approximate surface area is 173 Å². The summed E-state index contributed by atoms with van der Waals surface area (Å²) in [5.74, 6) is 0.475. The molecule has 0 radical (unpaired) electrons. The molecular weight excluding hydrogens is 340 g/mol. The highest BCUT2D eigenvalue weighted by Crippen LogP contribution is 2.48. The molecule has 0 aliphatic heterocycles. The molecule has 0 amide bonds. The molecule has 0 heterocycles. The Kier molecular flexibility index (Phi) is 8.61. The quantitative estimate of drug-likeness (QED) is 0.402. The minimum absolute atomic E-state index is 0.219. The fourth-order valence-corrected chi connectivity index (χ4v) is 5.56. The zero-order valence-electron chi connectivity index (χ0n) is 18.1. The van der Waals surface area contributed by atoms with E-state index in [9.17, 15) is 0 Å².